The average Bonchev–Trinajstić information content (AvgIpc) is 2.49. The molecule has 1 aromatic heterocycles. The van der Waals surface area contributed by atoms with Gasteiger partial charge < -0.3 is 5.73 Å². The fourth-order valence-electron chi connectivity index (χ4n) is 1.10. The third-order valence-corrected chi connectivity index (χ3v) is 1.94. The second-order valence-corrected chi connectivity index (χ2v) is 3.54. The van der Waals surface area contributed by atoms with Gasteiger partial charge in [-0.05, 0) is 20.8 Å². The quantitative estimate of drug-likeness (QED) is 0.719. The van der Waals surface area contributed by atoms with Crippen molar-refractivity contribution in [2.75, 3.05) is 6.54 Å². The monoisotopic (exact) mass is 191 g/mol. The Morgan fingerprint density at radius 1 is 1.57 bits per heavy atom. The zero-order valence-electron chi connectivity index (χ0n) is 9.04. The Morgan fingerprint density at radius 3 is 2.79 bits per heavy atom. The fourth-order valence-corrected chi connectivity index (χ4v) is 1.10. The molecule has 1 heterocycles. The van der Waals surface area contributed by atoms with E-state index in [1.54, 1.807) is 0 Å². The first-order valence-corrected chi connectivity index (χ1v) is 4.90. The van der Waals surface area contributed by atoms with Crippen molar-refractivity contribution in [1.29, 1.82) is 0 Å². The number of hydrogen-bond acceptors (Lipinski definition) is 2. The van der Waals surface area contributed by atoms with Crippen molar-refractivity contribution < 1.29 is 0 Å². The average molecular weight is 191 g/mol. The van der Waals surface area contributed by atoms with Crippen LogP contribution < -0.4 is 5.73 Å². The van der Waals surface area contributed by atoms with Crippen LogP contribution in [0.2, 0.25) is 0 Å². The Kier molecular flexibility index (Phi) is 3.73. The molecule has 0 amide bonds. The molecule has 0 aliphatic carbocycles. The molecule has 0 aliphatic heterocycles. The Morgan fingerprint density at radius 2 is 2.29 bits per heavy atom. The predicted octanol–water partition coefficient (Wildman–Crippen LogP) is 1.47. The summed E-state index contributed by atoms with van der Waals surface area (Å²) in [5, 5.41) is 4.37. The summed E-state index contributed by atoms with van der Waals surface area (Å²) in [5.74, 6) is 6.09. The summed E-state index contributed by atoms with van der Waals surface area (Å²) >= 11 is 0. The summed E-state index contributed by atoms with van der Waals surface area (Å²) in [5.41, 5.74) is 7.36. The van der Waals surface area contributed by atoms with Gasteiger partial charge in [0.2, 0.25) is 0 Å². The predicted molar refractivity (Wildman–Crippen MR) is 57.9 cm³/mol. The van der Waals surface area contributed by atoms with Gasteiger partial charge in [0.25, 0.3) is 0 Å². The summed E-state index contributed by atoms with van der Waals surface area (Å²) < 4.78 is 1.93. The maximum absolute atomic E-state index is 5.36. The summed E-state index contributed by atoms with van der Waals surface area (Å²) in [6.45, 7) is 6.79. The Hall–Kier alpha value is -1.27. The molecule has 0 radical (unpaired) electrons. The molecule has 0 atom stereocenters. The maximum Gasteiger partial charge on any atom is 0.0750 e. The third kappa shape index (κ3) is 2.61. The van der Waals surface area contributed by atoms with Gasteiger partial charge in [-0.3, -0.25) is 4.68 Å². The molecule has 1 rings (SSSR count). The highest BCUT2D eigenvalue weighted by Gasteiger charge is 2.03. The maximum atomic E-state index is 5.36. The van der Waals surface area contributed by atoms with E-state index < -0.39 is 0 Å². The topological polar surface area (TPSA) is 43.8 Å². The minimum Gasteiger partial charge on any atom is -0.330 e. The van der Waals surface area contributed by atoms with Gasteiger partial charge in [0.15, 0.2) is 0 Å². The van der Waals surface area contributed by atoms with Crippen molar-refractivity contribution in [1.82, 2.24) is 9.78 Å². The van der Waals surface area contributed by atoms with Crippen molar-refractivity contribution >= 4 is 0 Å². The molecule has 2 N–H and O–H groups in total. The van der Waals surface area contributed by atoms with E-state index in [4.69, 9.17) is 5.73 Å². The third-order valence-electron chi connectivity index (χ3n) is 1.94. The number of aromatic nitrogens is 2. The van der Waals surface area contributed by atoms with Crippen LogP contribution in [0, 0.1) is 18.8 Å². The lowest BCUT2D eigenvalue weighted by atomic mass is 10.2. The minimum atomic E-state index is 0.388. The molecule has 0 saturated carbocycles. The first-order chi connectivity index (χ1) is 6.65. The van der Waals surface area contributed by atoms with E-state index in [-0.39, 0.29) is 0 Å². The van der Waals surface area contributed by atoms with Crippen molar-refractivity contribution in [3.05, 3.63) is 17.5 Å². The SMILES string of the molecule is Cc1nn(C(C)C)cc1C#CCCN. The van der Waals surface area contributed by atoms with E-state index in [9.17, 15) is 0 Å². The summed E-state index contributed by atoms with van der Waals surface area (Å²) in [6, 6.07) is 0.388. The van der Waals surface area contributed by atoms with Gasteiger partial charge >= 0.3 is 0 Å². The molecule has 3 nitrogen and oxygen atoms in total. The Bertz CT molecular complexity index is 352. The fraction of sp³-hybridized carbons (Fsp3) is 0.545. The highest BCUT2D eigenvalue weighted by Crippen LogP contribution is 2.08. The lowest BCUT2D eigenvalue weighted by Gasteiger charge is -2.02. The summed E-state index contributed by atoms with van der Waals surface area (Å²) in [6.07, 6.45) is 2.73. The smallest absolute Gasteiger partial charge is 0.0750 e. The van der Waals surface area contributed by atoms with Crippen molar-refractivity contribution in [3.8, 4) is 11.8 Å². The van der Waals surface area contributed by atoms with Crippen LogP contribution >= 0.6 is 0 Å². The molecule has 0 aliphatic rings. The Labute approximate surface area is 85.3 Å². The van der Waals surface area contributed by atoms with Crippen LogP contribution in [0.3, 0.4) is 0 Å². The normalized spacial score (nSPS) is 10.1. The van der Waals surface area contributed by atoms with Gasteiger partial charge in [0.05, 0.1) is 11.3 Å². The van der Waals surface area contributed by atoms with E-state index in [2.05, 4.69) is 30.8 Å². The summed E-state index contributed by atoms with van der Waals surface area (Å²) in [7, 11) is 0. The van der Waals surface area contributed by atoms with E-state index in [1.807, 2.05) is 17.8 Å². The molecular formula is C11H17N3. The first kappa shape index (κ1) is 10.8. The zero-order valence-corrected chi connectivity index (χ0v) is 9.04. The number of nitrogens with two attached hydrogens (primary N) is 1. The van der Waals surface area contributed by atoms with Crippen LogP contribution in [0.5, 0.6) is 0 Å². The van der Waals surface area contributed by atoms with Crippen molar-refractivity contribution in [3.63, 3.8) is 0 Å². The van der Waals surface area contributed by atoms with Crippen molar-refractivity contribution in [2.24, 2.45) is 5.73 Å². The summed E-state index contributed by atoms with van der Waals surface area (Å²) in [4.78, 5) is 0. The molecule has 0 spiro atoms. The highest BCUT2D eigenvalue weighted by atomic mass is 15.3. The van der Waals surface area contributed by atoms with Crippen LogP contribution in [-0.4, -0.2) is 16.3 Å². The zero-order chi connectivity index (χ0) is 10.6. The molecule has 1 aromatic rings. The van der Waals surface area contributed by atoms with E-state index >= 15 is 0 Å². The van der Waals surface area contributed by atoms with Crippen LogP contribution in [0.15, 0.2) is 6.20 Å². The van der Waals surface area contributed by atoms with Crippen LogP contribution in [0.25, 0.3) is 0 Å². The Balaban J connectivity index is 2.84. The van der Waals surface area contributed by atoms with Crippen LogP contribution in [0.4, 0.5) is 0 Å². The lowest BCUT2D eigenvalue weighted by molar-refractivity contribution is 0.529. The number of rotatable bonds is 2. The van der Waals surface area contributed by atoms with E-state index in [0.29, 0.717) is 12.6 Å². The minimum absolute atomic E-state index is 0.388. The number of hydrogen-bond donors (Lipinski definition) is 1. The molecule has 14 heavy (non-hydrogen) atoms. The molecule has 0 saturated heterocycles. The molecule has 76 valence electrons. The van der Waals surface area contributed by atoms with Gasteiger partial charge in [-0.1, -0.05) is 11.8 Å². The second kappa shape index (κ2) is 4.83. The van der Waals surface area contributed by atoms with Gasteiger partial charge in [0, 0.05) is 25.2 Å². The first-order valence-electron chi connectivity index (χ1n) is 4.90. The molecule has 3 heteroatoms. The van der Waals surface area contributed by atoms with Gasteiger partial charge in [0.1, 0.15) is 0 Å². The molecule has 0 bridgehead atoms. The largest absolute Gasteiger partial charge is 0.330 e. The molecule has 0 aromatic carbocycles. The number of nitrogens with zero attached hydrogens (tertiary/aromatic N) is 2. The standard InChI is InChI=1S/C11H17N3/c1-9(2)14-8-11(10(3)13-14)6-4-5-7-12/h8-9H,5,7,12H2,1-3H3. The van der Waals surface area contributed by atoms with Gasteiger partial charge in [-0.2, -0.15) is 5.10 Å². The highest BCUT2D eigenvalue weighted by molar-refractivity contribution is 5.35. The van der Waals surface area contributed by atoms with E-state index in [1.165, 1.54) is 0 Å². The molecule has 0 fully saturated rings. The van der Waals surface area contributed by atoms with Gasteiger partial charge in [-0.15, -0.1) is 0 Å². The molecule has 0 unspecified atom stereocenters. The number of aryl methyl sites for hydroxylation is 1. The van der Waals surface area contributed by atoms with Crippen LogP contribution in [0.1, 0.15) is 37.6 Å². The van der Waals surface area contributed by atoms with Gasteiger partial charge in [-0.25, -0.2) is 0 Å². The van der Waals surface area contributed by atoms with Crippen molar-refractivity contribution in [2.45, 2.75) is 33.2 Å². The van der Waals surface area contributed by atoms with E-state index in [0.717, 1.165) is 17.7 Å². The molecular weight excluding hydrogens is 174 g/mol. The van der Waals surface area contributed by atoms with Crippen LogP contribution in [-0.2, 0) is 0 Å². The second-order valence-electron chi connectivity index (χ2n) is 3.54. The lowest BCUT2D eigenvalue weighted by Crippen LogP contribution is -2.00.